The first-order valence-corrected chi connectivity index (χ1v) is 28.9. The Morgan fingerprint density at radius 1 is 0.447 bits per heavy atom. The molecule has 9 nitrogen and oxygen atoms in total. The van der Waals surface area contributed by atoms with E-state index in [2.05, 4.69) is 45.0 Å². The maximum absolute atomic E-state index is 13.3. The third-order valence-corrected chi connectivity index (χ3v) is 15.1. The molecule has 0 bridgehead atoms. The second-order valence-corrected chi connectivity index (χ2v) is 21.4. The Hall–Kier alpha value is -6.22. The summed E-state index contributed by atoms with van der Waals surface area (Å²) >= 11 is 0. The highest BCUT2D eigenvalue weighted by molar-refractivity contribution is 5.92. The van der Waals surface area contributed by atoms with Gasteiger partial charge in [-0.1, -0.05) is 146 Å². The summed E-state index contributed by atoms with van der Waals surface area (Å²) in [4.78, 5) is 50.5. The Kier molecular flexibility index (Phi) is 25.2. The lowest BCUT2D eigenvalue weighted by Gasteiger charge is -2.29. The second-order valence-electron chi connectivity index (χ2n) is 21.4. The van der Waals surface area contributed by atoms with Crippen LogP contribution in [0.3, 0.4) is 0 Å². The number of unbranched alkanes of at least 4 members (excludes halogenated alkanes) is 7. The van der Waals surface area contributed by atoms with E-state index < -0.39 is 30.0 Å². The summed E-state index contributed by atoms with van der Waals surface area (Å²) in [5.41, 5.74) is 5.31. The van der Waals surface area contributed by atoms with Crippen LogP contribution in [0, 0.1) is 11.8 Å². The molecule has 0 aliphatic heterocycles. The van der Waals surface area contributed by atoms with Crippen molar-refractivity contribution < 1.29 is 42.9 Å². The van der Waals surface area contributed by atoms with Crippen LogP contribution in [0.2, 0.25) is 0 Å². The van der Waals surface area contributed by atoms with Crippen molar-refractivity contribution in [3.05, 3.63) is 166 Å². The lowest BCUT2D eigenvalue weighted by molar-refractivity contribution is -0.00134. The summed E-state index contributed by atoms with van der Waals surface area (Å²) in [5.74, 6) is 2.32. The first-order valence-electron chi connectivity index (χ1n) is 28.9. The van der Waals surface area contributed by atoms with Gasteiger partial charge in [0.25, 0.3) is 0 Å². The summed E-state index contributed by atoms with van der Waals surface area (Å²) in [6.07, 6.45) is 24.6. The summed E-state index contributed by atoms with van der Waals surface area (Å²) in [6, 6.07) is 38.6. The molecule has 2 fully saturated rings. The van der Waals surface area contributed by atoms with Gasteiger partial charge in [0.15, 0.2) is 6.10 Å². The molecule has 2 aliphatic carbocycles. The molecule has 5 aromatic rings. The van der Waals surface area contributed by atoms with E-state index in [1.165, 1.54) is 127 Å². The summed E-state index contributed by atoms with van der Waals surface area (Å²) in [6.45, 7) is 10.9. The fourth-order valence-electron chi connectivity index (χ4n) is 10.5. The number of carbonyl (C=O) groups is 4. The van der Waals surface area contributed by atoms with Crippen molar-refractivity contribution in [3.63, 3.8) is 0 Å². The standard InChI is InChI=1S/C44H58O4.C23H28O5/c1-3-5-8-12-33-16-20-35(21-17-33)37-24-28-40(29-25-37)43(45)47-32-42(39-14-10-7-11-15-39)48-44(46)41-30-26-38(27-31-41)36-22-18-34(19-23-36)13-9-6-4-2;1-4-5-6-7-16-26-20-12-8-19(9-13-20)23(25)28-21-14-10-18(11-15-21)22(24)27-17(2)3/h7,10-11,14-15,24-31,33-36,42H,3-6,8-9,12-13,16-23,32H2,1-2H3;8-15,17H,4-7,16H2,1-3H3. The van der Waals surface area contributed by atoms with Crippen LogP contribution in [-0.4, -0.2) is 43.2 Å². The van der Waals surface area contributed by atoms with Crippen LogP contribution in [0.4, 0.5) is 0 Å². The van der Waals surface area contributed by atoms with Crippen LogP contribution in [0.5, 0.6) is 11.5 Å². The van der Waals surface area contributed by atoms with Crippen LogP contribution in [0.25, 0.3) is 0 Å². The average molecular weight is 1040 g/mol. The van der Waals surface area contributed by atoms with Gasteiger partial charge in [0.05, 0.1) is 35.0 Å². The lowest BCUT2D eigenvalue weighted by atomic mass is 9.77. The molecule has 0 radical (unpaired) electrons. The Morgan fingerprint density at radius 2 is 0.882 bits per heavy atom. The SMILES string of the molecule is CCCCCC1CCC(c2ccc(C(=O)OCC(OC(=O)c3ccc(C4CCC(CCCCC)CC4)cc3)c3ccccc3)cc2)CC1.CCCCCCOc1ccc(C(=O)Oc2ccc(C(=O)OC(C)C)cc2)cc1. The molecule has 2 saturated carbocycles. The first-order chi connectivity index (χ1) is 37.0. The van der Waals surface area contributed by atoms with Crippen LogP contribution in [0.15, 0.2) is 127 Å². The minimum absolute atomic E-state index is 0.0437. The minimum Gasteiger partial charge on any atom is -0.494 e. The van der Waals surface area contributed by atoms with Crippen LogP contribution in [0.1, 0.15) is 239 Å². The molecule has 9 heteroatoms. The highest BCUT2D eigenvalue weighted by Crippen LogP contribution is 2.39. The molecule has 0 heterocycles. The number of rotatable bonds is 26. The molecule has 76 heavy (non-hydrogen) atoms. The third-order valence-electron chi connectivity index (χ3n) is 15.1. The Labute approximate surface area is 454 Å². The predicted molar refractivity (Wildman–Crippen MR) is 303 cm³/mol. The van der Waals surface area contributed by atoms with Gasteiger partial charge in [-0.3, -0.25) is 0 Å². The molecule has 1 unspecified atom stereocenters. The van der Waals surface area contributed by atoms with E-state index in [4.69, 9.17) is 23.7 Å². The predicted octanol–water partition coefficient (Wildman–Crippen LogP) is 17.6. The molecular weight excluding hydrogens is 949 g/mol. The highest BCUT2D eigenvalue weighted by atomic mass is 16.6. The van der Waals surface area contributed by atoms with Crippen molar-refractivity contribution >= 4 is 23.9 Å². The van der Waals surface area contributed by atoms with Gasteiger partial charge in [-0.15, -0.1) is 0 Å². The summed E-state index contributed by atoms with van der Waals surface area (Å²) in [7, 11) is 0. The number of hydrogen-bond donors (Lipinski definition) is 0. The van der Waals surface area contributed by atoms with Crippen molar-refractivity contribution in [2.45, 2.75) is 187 Å². The summed E-state index contributed by atoms with van der Waals surface area (Å²) < 4.78 is 27.9. The van der Waals surface area contributed by atoms with Crippen LogP contribution >= 0.6 is 0 Å². The summed E-state index contributed by atoms with van der Waals surface area (Å²) in [5, 5.41) is 0. The van der Waals surface area contributed by atoms with E-state index in [1.807, 2.05) is 54.6 Å². The molecule has 0 saturated heterocycles. The van der Waals surface area contributed by atoms with E-state index in [1.54, 1.807) is 62.4 Å². The molecule has 0 amide bonds. The fourth-order valence-corrected chi connectivity index (χ4v) is 10.5. The van der Waals surface area contributed by atoms with Crippen LogP contribution < -0.4 is 9.47 Å². The smallest absolute Gasteiger partial charge is 0.343 e. The van der Waals surface area contributed by atoms with Crippen molar-refractivity contribution in [2.75, 3.05) is 13.2 Å². The Morgan fingerprint density at radius 3 is 1.37 bits per heavy atom. The van der Waals surface area contributed by atoms with E-state index in [0.717, 1.165) is 36.0 Å². The number of benzene rings is 5. The normalized spacial score (nSPS) is 17.6. The molecule has 7 rings (SSSR count). The zero-order chi connectivity index (χ0) is 53.9. The van der Waals surface area contributed by atoms with Gasteiger partial charge in [0, 0.05) is 0 Å². The molecule has 408 valence electrons. The molecule has 5 aromatic carbocycles. The van der Waals surface area contributed by atoms with E-state index in [0.29, 0.717) is 46.4 Å². The van der Waals surface area contributed by atoms with Gasteiger partial charge < -0.3 is 23.7 Å². The topological polar surface area (TPSA) is 114 Å². The molecular formula is C67H86O9. The molecule has 1 atom stereocenters. The number of carbonyl (C=O) groups excluding carboxylic acids is 4. The van der Waals surface area contributed by atoms with Gasteiger partial charge in [-0.25, -0.2) is 19.2 Å². The average Bonchev–Trinajstić information content (AvgIpc) is 3.45. The molecule has 0 aromatic heterocycles. The van der Waals surface area contributed by atoms with Crippen molar-refractivity contribution in [3.8, 4) is 11.5 Å². The van der Waals surface area contributed by atoms with Gasteiger partial charge in [-0.2, -0.15) is 0 Å². The maximum Gasteiger partial charge on any atom is 0.343 e. The van der Waals surface area contributed by atoms with Crippen molar-refractivity contribution in [1.29, 1.82) is 0 Å². The number of ether oxygens (including phenoxy) is 5. The van der Waals surface area contributed by atoms with Crippen LogP contribution in [-0.2, 0) is 14.2 Å². The second kappa shape index (κ2) is 32.4. The molecule has 2 aliphatic rings. The van der Waals surface area contributed by atoms with Gasteiger partial charge in [0.2, 0.25) is 0 Å². The zero-order valence-corrected chi connectivity index (χ0v) is 46.3. The highest BCUT2D eigenvalue weighted by Gasteiger charge is 2.26. The quantitative estimate of drug-likeness (QED) is 0.0231. The molecule has 0 spiro atoms. The van der Waals surface area contributed by atoms with Gasteiger partial charge in [0.1, 0.15) is 18.1 Å². The third kappa shape index (κ3) is 19.7. The minimum atomic E-state index is -0.697. The van der Waals surface area contributed by atoms with E-state index in [9.17, 15) is 19.2 Å². The largest absolute Gasteiger partial charge is 0.494 e. The fraction of sp³-hybridized carbons (Fsp3) is 0.493. The Bertz CT molecular complexity index is 2450. The van der Waals surface area contributed by atoms with Crippen molar-refractivity contribution in [2.24, 2.45) is 11.8 Å². The number of hydrogen-bond acceptors (Lipinski definition) is 9. The van der Waals surface area contributed by atoms with Gasteiger partial charge in [-0.05, 0) is 185 Å². The zero-order valence-electron chi connectivity index (χ0n) is 46.3. The van der Waals surface area contributed by atoms with E-state index in [-0.39, 0.29) is 12.7 Å². The van der Waals surface area contributed by atoms with E-state index >= 15 is 0 Å². The number of esters is 4. The van der Waals surface area contributed by atoms with Gasteiger partial charge >= 0.3 is 23.9 Å². The monoisotopic (exact) mass is 1030 g/mol. The van der Waals surface area contributed by atoms with Crippen molar-refractivity contribution in [1.82, 2.24) is 0 Å². The lowest BCUT2D eigenvalue weighted by Crippen LogP contribution is -2.19. The first kappa shape index (κ1) is 59.0. The molecule has 0 N–H and O–H groups in total. The maximum atomic E-state index is 13.3. The Balaban J connectivity index is 0.000000285.